The molecule has 1 fully saturated rings. The molecule has 166 valence electrons. The van der Waals surface area contributed by atoms with Crippen molar-refractivity contribution in [1.82, 2.24) is 14.6 Å². The van der Waals surface area contributed by atoms with Crippen molar-refractivity contribution in [3.05, 3.63) is 59.3 Å². The first kappa shape index (κ1) is 21.4. The lowest BCUT2D eigenvalue weighted by Crippen LogP contribution is -2.25. The molecule has 11 heteroatoms. The molecule has 31 heavy (non-hydrogen) atoms. The number of anilines is 1. The molecule has 4 nitrogen and oxygen atoms in total. The minimum atomic E-state index is -4.84. The third-order valence-corrected chi connectivity index (χ3v) is 5.41. The zero-order chi connectivity index (χ0) is 22.6. The highest BCUT2D eigenvalue weighted by atomic mass is 19.4. The van der Waals surface area contributed by atoms with Crippen molar-refractivity contribution >= 4 is 11.3 Å². The Hall–Kier alpha value is -2.85. The van der Waals surface area contributed by atoms with Gasteiger partial charge in [-0.25, -0.2) is 4.39 Å². The molecule has 2 atom stereocenters. The Morgan fingerprint density at radius 2 is 1.71 bits per heavy atom. The van der Waals surface area contributed by atoms with Gasteiger partial charge in [0.2, 0.25) is 0 Å². The maximum atomic E-state index is 13.9. The number of alkyl halides is 6. The van der Waals surface area contributed by atoms with Crippen LogP contribution in [0.25, 0.3) is 5.65 Å². The highest BCUT2D eigenvalue weighted by Gasteiger charge is 2.42. The van der Waals surface area contributed by atoms with E-state index in [1.165, 1.54) is 24.1 Å². The van der Waals surface area contributed by atoms with Crippen molar-refractivity contribution in [2.24, 2.45) is 5.92 Å². The van der Waals surface area contributed by atoms with E-state index in [2.05, 4.69) is 10.2 Å². The second-order valence-corrected chi connectivity index (χ2v) is 7.71. The summed E-state index contributed by atoms with van der Waals surface area (Å²) in [4.78, 5) is 1.43. The summed E-state index contributed by atoms with van der Waals surface area (Å²) in [5.74, 6) is -0.779. The second kappa shape index (κ2) is 7.38. The summed E-state index contributed by atoms with van der Waals surface area (Å²) in [6, 6.07) is 7.13. The van der Waals surface area contributed by atoms with Gasteiger partial charge in [0.15, 0.2) is 5.65 Å². The SMILES string of the molecule is CN(C[C@@H]1C[C@H]1c1ccc(F)cc1)c1ccn2c(CC(F)(F)F)nnc2c1C(F)(F)F. The molecule has 1 saturated carbocycles. The Morgan fingerprint density at radius 3 is 2.32 bits per heavy atom. The molecule has 1 aromatic carbocycles. The summed E-state index contributed by atoms with van der Waals surface area (Å²) in [5.41, 5.74) is -1.06. The van der Waals surface area contributed by atoms with Gasteiger partial charge in [0, 0.05) is 19.8 Å². The van der Waals surface area contributed by atoms with Crippen LogP contribution in [0.3, 0.4) is 0 Å². The Kier molecular flexibility index (Phi) is 5.09. The third-order valence-electron chi connectivity index (χ3n) is 5.41. The van der Waals surface area contributed by atoms with Crippen LogP contribution in [0.15, 0.2) is 36.5 Å². The first-order valence-corrected chi connectivity index (χ1v) is 9.41. The summed E-state index contributed by atoms with van der Waals surface area (Å²) >= 11 is 0. The molecule has 0 aliphatic heterocycles. The molecule has 0 spiro atoms. The summed E-state index contributed by atoms with van der Waals surface area (Å²) in [6.45, 7) is 0.296. The van der Waals surface area contributed by atoms with E-state index in [0.717, 1.165) is 28.6 Å². The fourth-order valence-electron chi connectivity index (χ4n) is 3.90. The van der Waals surface area contributed by atoms with Gasteiger partial charge < -0.3 is 4.90 Å². The zero-order valence-electron chi connectivity index (χ0n) is 16.2. The van der Waals surface area contributed by atoms with Gasteiger partial charge in [-0.15, -0.1) is 10.2 Å². The highest BCUT2D eigenvalue weighted by Crippen LogP contribution is 2.49. The maximum Gasteiger partial charge on any atom is 0.422 e. The van der Waals surface area contributed by atoms with Crippen LogP contribution in [0.1, 0.15) is 29.3 Å². The molecule has 0 unspecified atom stereocenters. The maximum absolute atomic E-state index is 13.9. The molecule has 0 radical (unpaired) electrons. The number of benzene rings is 1. The predicted octanol–water partition coefficient (Wildman–Crippen LogP) is 5.23. The predicted molar refractivity (Wildman–Crippen MR) is 98.3 cm³/mol. The van der Waals surface area contributed by atoms with Gasteiger partial charge in [0.05, 0.1) is 5.69 Å². The lowest BCUT2D eigenvalue weighted by atomic mass is 10.1. The van der Waals surface area contributed by atoms with E-state index in [4.69, 9.17) is 0 Å². The van der Waals surface area contributed by atoms with Gasteiger partial charge in [-0.3, -0.25) is 4.40 Å². The zero-order valence-corrected chi connectivity index (χ0v) is 16.2. The molecule has 0 N–H and O–H groups in total. The molecule has 0 bridgehead atoms. The van der Waals surface area contributed by atoms with E-state index < -0.39 is 35.8 Å². The van der Waals surface area contributed by atoms with Crippen molar-refractivity contribution in [2.75, 3.05) is 18.5 Å². The molecular formula is C20H17F7N4. The molecule has 2 heterocycles. The van der Waals surface area contributed by atoms with E-state index >= 15 is 0 Å². The number of nitrogens with zero attached hydrogens (tertiary/aromatic N) is 4. The summed E-state index contributed by atoms with van der Waals surface area (Å²) in [5, 5.41) is 6.74. The molecule has 0 amide bonds. The van der Waals surface area contributed by atoms with Crippen LogP contribution in [0.4, 0.5) is 36.4 Å². The van der Waals surface area contributed by atoms with Crippen LogP contribution in [-0.2, 0) is 12.6 Å². The van der Waals surface area contributed by atoms with Gasteiger partial charge in [-0.2, -0.15) is 26.3 Å². The van der Waals surface area contributed by atoms with Crippen molar-refractivity contribution in [2.45, 2.75) is 31.1 Å². The largest absolute Gasteiger partial charge is 0.422 e. The number of hydrogen-bond acceptors (Lipinski definition) is 3. The van der Waals surface area contributed by atoms with Crippen LogP contribution in [0.2, 0.25) is 0 Å². The standard InChI is InChI=1S/C20H17F7N4/c1-30(10-12-8-14(12)11-2-4-13(21)5-3-11)15-6-7-31-16(9-19(22,23)24)28-29-18(31)17(15)20(25,26)27/h2-7,12,14H,8-10H2,1H3/t12-,14-/m0/s1. The van der Waals surface area contributed by atoms with Crippen LogP contribution < -0.4 is 4.90 Å². The number of rotatable bonds is 5. The molecule has 3 aromatic rings. The first-order chi connectivity index (χ1) is 14.4. The molecule has 1 aliphatic carbocycles. The minimum absolute atomic E-state index is 0.0754. The Bertz CT molecular complexity index is 1090. The van der Waals surface area contributed by atoms with Crippen molar-refractivity contribution in [3.8, 4) is 0 Å². The number of halogens is 7. The fraction of sp³-hybridized carbons (Fsp3) is 0.400. The Morgan fingerprint density at radius 1 is 1.03 bits per heavy atom. The summed E-state index contributed by atoms with van der Waals surface area (Å²) in [6.07, 6.45) is -9.07. The minimum Gasteiger partial charge on any atom is -0.374 e. The van der Waals surface area contributed by atoms with Gasteiger partial charge in [-0.05, 0) is 42.0 Å². The smallest absolute Gasteiger partial charge is 0.374 e. The molecule has 1 aliphatic rings. The summed E-state index contributed by atoms with van der Waals surface area (Å²) < 4.78 is 93.5. The van der Waals surface area contributed by atoms with Crippen LogP contribution in [0, 0.1) is 11.7 Å². The number of hydrogen-bond donors (Lipinski definition) is 0. The Balaban J connectivity index is 1.61. The van der Waals surface area contributed by atoms with Gasteiger partial charge in [0.1, 0.15) is 23.6 Å². The number of pyridine rings is 1. The van der Waals surface area contributed by atoms with Crippen molar-refractivity contribution in [1.29, 1.82) is 0 Å². The van der Waals surface area contributed by atoms with Crippen LogP contribution in [-0.4, -0.2) is 34.4 Å². The normalized spacial score (nSPS) is 19.1. The van der Waals surface area contributed by atoms with Crippen molar-refractivity contribution in [3.63, 3.8) is 0 Å². The van der Waals surface area contributed by atoms with E-state index in [9.17, 15) is 30.7 Å². The van der Waals surface area contributed by atoms with Gasteiger partial charge in [-0.1, -0.05) is 12.1 Å². The third kappa shape index (κ3) is 4.45. The van der Waals surface area contributed by atoms with Crippen LogP contribution in [0.5, 0.6) is 0 Å². The lowest BCUT2D eigenvalue weighted by molar-refractivity contribution is -0.136. The highest BCUT2D eigenvalue weighted by molar-refractivity contribution is 5.66. The lowest BCUT2D eigenvalue weighted by Gasteiger charge is -2.24. The molecule has 2 aromatic heterocycles. The van der Waals surface area contributed by atoms with E-state index in [1.54, 1.807) is 12.1 Å². The van der Waals surface area contributed by atoms with Crippen LogP contribution >= 0.6 is 0 Å². The quantitative estimate of drug-likeness (QED) is 0.503. The van der Waals surface area contributed by atoms with E-state index in [1.807, 2.05) is 0 Å². The molecule has 0 saturated heterocycles. The molecular weight excluding hydrogens is 429 g/mol. The second-order valence-electron chi connectivity index (χ2n) is 7.71. The monoisotopic (exact) mass is 446 g/mol. The van der Waals surface area contributed by atoms with Gasteiger partial charge >= 0.3 is 12.4 Å². The van der Waals surface area contributed by atoms with E-state index in [-0.39, 0.29) is 23.3 Å². The molecule has 4 rings (SSSR count). The average Bonchev–Trinajstić information content (AvgIpc) is 3.31. The van der Waals surface area contributed by atoms with Crippen molar-refractivity contribution < 1.29 is 30.7 Å². The first-order valence-electron chi connectivity index (χ1n) is 9.41. The number of aromatic nitrogens is 3. The number of fused-ring (bicyclic) bond motifs is 1. The average molecular weight is 446 g/mol. The van der Waals surface area contributed by atoms with Gasteiger partial charge in [0.25, 0.3) is 0 Å². The fourth-order valence-corrected chi connectivity index (χ4v) is 3.90. The Labute approximate surface area is 172 Å². The van der Waals surface area contributed by atoms with E-state index in [0.29, 0.717) is 6.54 Å². The summed E-state index contributed by atoms with van der Waals surface area (Å²) in [7, 11) is 1.49. The topological polar surface area (TPSA) is 33.4 Å².